The number of rotatable bonds is 3. The zero-order valence-electron chi connectivity index (χ0n) is 9.50. The first-order chi connectivity index (χ1) is 8.99. The number of hydrogen-bond donors (Lipinski definition) is 2. The summed E-state index contributed by atoms with van der Waals surface area (Å²) < 4.78 is 13.5. The predicted octanol–water partition coefficient (Wildman–Crippen LogP) is 2.28. The van der Waals surface area contributed by atoms with Gasteiger partial charge in [-0.05, 0) is 24.3 Å². The molecule has 0 unspecified atom stereocenters. The largest absolute Gasteiger partial charge is 0.478 e. The van der Waals surface area contributed by atoms with Crippen molar-refractivity contribution in [3.63, 3.8) is 0 Å². The molecule has 6 heteroatoms. The molecule has 0 radical (unpaired) electrons. The van der Waals surface area contributed by atoms with E-state index in [0.29, 0.717) is 11.3 Å². The van der Waals surface area contributed by atoms with Gasteiger partial charge in [-0.25, -0.2) is 14.0 Å². The second-order valence-electron chi connectivity index (χ2n) is 3.74. The molecule has 0 atom stereocenters. The van der Waals surface area contributed by atoms with Crippen LogP contribution in [0.3, 0.4) is 0 Å². The zero-order chi connectivity index (χ0) is 14.0. The Balaban J connectivity index is 2.39. The third-order valence-corrected chi connectivity index (χ3v) is 2.51. The highest BCUT2D eigenvalue weighted by atomic mass is 19.1. The van der Waals surface area contributed by atoms with Gasteiger partial charge in [0.05, 0.1) is 16.8 Å². The third kappa shape index (κ3) is 2.57. The van der Waals surface area contributed by atoms with E-state index in [1.165, 1.54) is 18.2 Å². The van der Waals surface area contributed by atoms with Crippen LogP contribution in [0.25, 0.3) is 11.3 Å². The standard InChI is InChI=1S/C13H8FNO4/c14-10-5-7(1-3-9(10)13(18)19)11-4-2-8(6-15-11)12(16)17/h1-6H,(H,16,17)(H,18,19). The van der Waals surface area contributed by atoms with Crippen LogP contribution >= 0.6 is 0 Å². The molecule has 5 nitrogen and oxygen atoms in total. The van der Waals surface area contributed by atoms with Gasteiger partial charge in [0.2, 0.25) is 0 Å². The molecule has 1 aromatic carbocycles. The summed E-state index contributed by atoms with van der Waals surface area (Å²) in [6, 6.07) is 6.37. The fraction of sp³-hybridized carbons (Fsp3) is 0. The Morgan fingerprint density at radius 2 is 1.79 bits per heavy atom. The van der Waals surface area contributed by atoms with Crippen molar-refractivity contribution in [2.24, 2.45) is 0 Å². The van der Waals surface area contributed by atoms with Crippen molar-refractivity contribution in [1.29, 1.82) is 0 Å². The Morgan fingerprint density at radius 3 is 2.26 bits per heavy atom. The van der Waals surface area contributed by atoms with Crippen LogP contribution in [-0.4, -0.2) is 27.1 Å². The Bertz CT molecular complexity index is 652. The highest BCUT2D eigenvalue weighted by Gasteiger charge is 2.12. The summed E-state index contributed by atoms with van der Waals surface area (Å²) in [6.45, 7) is 0. The van der Waals surface area contributed by atoms with Crippen LogP contribution in [0.1, 0.15) is 20.7 Å². The van der Waals surface area contributed by atoms with E-state index >= 15 is 0 Å². The van der Waals surface area contributed by atoms with Gasteiger partial charge in [-0.15, -0.1) is 0 Å². The van der Waals surface area contributed by atoms with E-state index in [-0.39, 0.29) is 5.56 Å². The average molecular weight is 261 g/mol. The number of halogens is 1. The van der Waals surface area contributed by atoms with Crippen LogP contribution in [-0.2, 0) is 0 Å². The molecule has 2 aromatic rings. The maximum absolute atomic E-state index is 13.5. The summed E-state index contributed by atoms with van der Waals surface area (Å²) in [5.41, 5.74) is 0.331. The quantitative estimate of drug-likeness (QED) is 0.884. The van der Waals surface area contributed by atoms with Gasteiger partial charge in [-0.2, -0.15) is 0 Å². The molecule has 1 aromatic heterocycles. The van der Waals surface area contributed by atoms with Crippen LogP contribution in [0.5, 0.6) is 0 Å². The summed E-state index contributed by atoms with van der Waals surface area (Å²) in [5.74, 6) is -3.32. The lowest BCUT2D eigenvalue weighted by Crippen LogP contribution is -2.01. The fourth-order valence-corrected chi connectivity index (χ4v) is 1.54. The van der Waals surface area contributed by atoms with Crippen molar-refractivity contribution in [3.05, 3.63) is 53.5 Å². The average Bonchev–Trinajstić information content (AvgIpc) is 2.38. The minimum Gasteiger partial charge on any atom is -0.478 e. The van der Waals surface area contributed by atoms with Gasteiger partial charge in [0, 0.05) is 11.8 Å². The highest BCUT2D eigenvalue weighted by molar-refractivity contribution is 5.89. The molecule has 0 bridgehead atoms. The second kappa shape index (κ2) is 4.85. The molecule has 0 saturated carbocycles. The Hall–Kier alpha value is -2.76. The molecule has 0 amide bonds. The minimum atomic E-state index is -1.35. The maximum Gasteiger partial charge on any atom is 0.338 e. The van der Waals surface area contributed by atoms with Crippen molar-refractivity contribution in [1.82, 2.24) is 4.98 Å². The number of aromatic carboxylic acids is 2. The molecular formula is C13H8FNO4. The van der Waals surface area contributed by atoms with Crippen LogP contribution in [0.4, 0.5) is 4.39 Å². The Kier molecular flexibility index (Phi) is 3.24. The molecule has 0 aliphatic rings. The van der Waals surface area contributed by atoms with Crippen molar-refractivity contribution in [2.75, 3.05) is 0 Å². The topological polar surface area (TPSA) is 87.5 Å². The van der Waals surface area contributed by atoms with Gasteiger partial charge in [-0.1, -0.05) is 6.07 Å². The van der Waals surface area contributed by atoms with E-state index in [2.05, 4.69) is 4.98 Å². The van der Waals surface area contributed by atoms with Crippen LogP contribution in [0.15, 0.2) is 36.5 Å². The third-order valence-electron chi connectivity index (χ3n) is 2.51. The van der Waals surface area contributed by atoms with Gasteiger partial charge >= 0.3 is 11.9 Å². The fourth-order valence-electron chi connectivity index (χ4n) is 1.54. The van der Waals surface area contributed by atoms with Crippen molar-refractivity contribution in [2.45, 2.75) is 0 Å². The first-order valence-corrected chi connectivity index (χ1v) is 5.21. The Labute approximate surface area is 107 Å². The Morgan fingerprint density at radius 1 is 1.05 bits per heavy atom. The molecule has 1 heterocycles. The van der Waals surface area contributed by atoms with Gasteiger partial charge in [0.25, 0.3) is 0 Å². The molecule has 96 valence electrons. The molecule has 2 rings (SSSR count). The summed E-state index contributed by atoms with van der Waals surface area (Å²) in [5, 5.41) is 17.4. The first kappa shape index (κ1) is 12.7. The predicted molar refractivity (Wildman–Crippen MR) is 63.5 cm³/mol. The van der Waals surface area contributed by atoms with Crippen LogP contribution in [0, 0.1) is 5.82 Å². The number of carbonyl (C=O) groups is 2. The smallest absolute Gasteiger partial charge is 0.338 e. The number of carboxylic acid groups (broad SMARTS) is 2. The summed E-state index contributed by atoms with van der Waals surface area (Å²) >= 11 is 0. The van der Waals surface area contributed by atoms with E-state index in [1.54, 1.807) is 0 Å². The number of hydrogen-bond acceptors (Lipinski definition) is 3. The first-order valence-electron chi connectivity index (χ1n) is 5.21. The van der Waals surface area contributed by atoms with Crippen molar-refractivity contribution >= 4 is 11.9 Å². The maximum atomic E-state index is 13.5. The molecule has 19 heavy (non-hydrogen) atoms. The normalized spacial score (nSPS) is 10.2. The molecular weight excluding hydrogens is 253 g/mol. The lowest BCUT2D eigenvalue weighted by atomic mass is 10.1. The van der Waals surface area contributed by atoms with Crippen molar-refractivity contribution in [3.8, 4) is 11.3 Å². The van der Waals surface area contributed by atoms with E-state index < -0.39 is 23.3 Å². The molecule has 0 saturated heterocycles. The van der Waals surface area contributed by atoms with Gasteiger partial charge < -0.3 is 10.2 Å². The number of carboxylic acids is 2. The second-order valence-corrected chi connectivity index (χ2v) is 3.74. The highest BCUT2D eigenvalue weighted by Crippen LogP contribution is 2.20. The van der Waals surface area contributed by atoms with Gasteiger partial charge in [-0.3, -0.25) is 4.98 Å². The number of aromatic nitrogens is 1. The lowest BCUT2D eigenvalue weighted by molar-refractivity contribution is 0.0683. The SMILES string of the molecule is O=C(O)c1ccc(-c2ccc(C(=O)O)c(F)c2)nc1. The lowest BCUT2D eigenvalue weighted by Gasteiger charge is -2.03. The minimum absolute atomic E-state index is 0.0198. The van der Waals surface area contributed by atoms with Crippen LogP contribution in [0.2, 0.25) is 0 Å². The molecule has 0 spiro atoms. The van der Waals surface area contributed by atoms with E-state index in [9.17, 15) is 14.0 Å². The van der Waals surface area contributed by atoms with E-state index in [1.807, 2.05) is 0 Å². The summed E-state index contributed by atoms with van der Waals surface area (Å²) in [4.78, 5) is 25.2. The van der Waals surface area contributed by atoms with Crippen LogP contribution < -0.4 is 0 Å². The number of benzene rings is 1. The molecule has 0 aliphatic carbocycles. The van der Waals surface area contributed by atoms with Gasteiger partial charge in [0.15, 0.2) is 0 Å². The van der Waals surface area contributed by atoms with E-state index in [0.717, 1.165) is 18.3 Å². The van der Waals surface area contributed by atoms with E-state index in [4.69, 9.17) is 10.2 Å². The summed E-state index contributed by atoms with van der Waals surface area (Å²) in [6.07, 6.45) is 1.15. The van der Waals surface area contributed by atoms with Gasteiger partial charge in [0.1, 0.15) is 5.82 Å². The summed E-state index contributed by atoms with van der Waals surface area (Å²) in [7, 11) is 0. The monoisotopic (exact) mass is 261 g/mol. The number of nitrogens with zero attached hydrogens (tertiary/aromatic N) is 1. The molecule has 2 N–H and O–H groups in total. The molecule has 0 fully saturated rings. The zero-order valence-corrected chi connectivity index (χ0v) is 9.50. The molecule has 0 aliphatic heterocycles. The van der Waals surface area contributed by atoms with Crippen molar-refractivity contribution < 1.29 is 24.2 Å². The number of pyridine rings is 1.